The van der Waals surface area contributed by atoms with Crippen molar-refractivity contribution >= 4 is 10.2 Å². The van der Waals surface area contributed by atoms with E-state index in [2.05, 4.69) is 23.9 Å². The molecule has 1 aliphatic rings. The van der Waals surface area contributed by atoms with Gasteiger partial charge in [-0.25, -0.2) is 4.72 Å². The number of nitrogens with zero attached hydrogens (tertiary/aromatic N) is 1. The highest BCUT2D eigenvalue weighted by atomic mass is 32.2. The van der Waals surface area contributed by atoms with Gasteiger partial charge < -0.3 is 5.32 Å². The van der Waals surface area contributed by atoms with Crippen LogP contribution in [0.2, 0.25) is 0 Å². The summed E-state index contributed by atoms with van der Waals surface area (Å²) < 4.78 is 28.3. The van der Waals surface area contributed by atoms with Gasteiger partial charge in [-0.05, 0) is 24.8 Å². The first-order chi connectivity index (χ1) is 7.95. The summed E-state index contributed by atoms with van der Waals surface area (Å²) in [7, 11) is -3.29. The molecule has 1 rings (SSSR count). The van der Waals surface area contributed by atoms with Crippen molar-refractivity contribution in [3.8, 4) is 0 Å². The van der Waals surface area contributed by atoms with E-state index in [4.69, 9.17) is 0 Å². The molecule has 5 nitrogen and oxygen atoms in total. The first-order valence-electron chi connectivity index (χ1n) is 6.41. The highest BCUT2D eigenvalue weighted by Gasteiger charge is 2.29. The molecule has 0 spiro atoms. The zero-order valence-electron chi connectivity index (χ0n) is 11.1. The first-order valence-corrected chi connectivity index (χ1v) is 7.85. The summed E-state index contributed by atoms with van der Waals surface area (Å²) in [5.74, 6) is 0.896. The number of hydrogen-bond acceptors (Lipinski definition) is 3. The van der Waals surface area contributed by atoms with Crippen molar-refractivity contribution < 1.29 is 8.42 Å². The van der Waals surface area contributed by atoms with Gasteiger partial charge in [0.15, 0.2) is 0 Å². The number of rotatable bonds is 6. The second-order valence-corrected chi connectivity index (χ2v) is 6.77. The summed E-state index contributed by atoms with van der Waals surface area (Å²) in [6.45, 7) is 9.49. The third-order valence-electron chi connectivity index (χ3n) is 3.01. The van der Waals surface area contributed by atoms with Gasteiger partial charge in [0.2, 0.25) is 0 Å². The molecule has 0 aromatic rings. The average molecular weight is 263 g/mol. The predicted octanol–water partition coefficient (Wildman–Crippen LogP) is 0.408. The topological polar surface area (TPSA) is 61.4 Å². The van der Waals surface area contributed by atoms with Gasteiger partial charge in [-0.15, -0.1) is 0 Å². The minimum Gasteiger partial charge on any atom is -0.316 e. The van der Waals surface area contributed by atoms with Crippen molar-refractivity contribution in [1.82, 2.24) is 14.3 Å². The summed E-state index contributed by atoms with van der Waals surface area (Å²) in [4.78, 5) is 0. The van der Waals surface area contributed by atoms with Gasteiger partial charge in [-0.1, -0.05) is 20.8 Å². The Hall–Kier alpha value is -0.170. The van der Waals surface area contributed by atoms with Crippen molar-refractivity contribution in [2.45, 2.75) is 27.2 Å². The third-order valence-corrected chi connectivity index (χ3v) is 4.56. The lowest BCUT2D eigenvalue weighted by molar-refractivity contribution is 0.220. The van der Waals surface area contributed by atoms with Crippen molar-refractivity contribution in [1.29, 1.82) is 0 Å². The van der Waals surface area contributed by atoms with Crippen LogP contribution in [-0.2, 0) is 10.2 Å². The van der Waals surface area contributed by atoms with Crippen LogP contribution < -0.4 is 10.0 Å². The van der Waals surface area contributed by atoms with Crippen LogP contribution in [0.1, 0.15) is 27.2 Å². The van der Waals surface area contributed by atoms with Crippen LogP contribution >= 0.6 is 0 Å². The lowest BCUT2D eigenvalue weighted by atomic mass is 9.94. The molecule has 2 N–H and O–H groups in total. The van der Waals surface area contributed by atoms with Crippen LogP contribution in [0.4, 0.5) is 0 Å². The van der Waals surface area contributed by atoms with E-state index in [9.17, 15) is 8.42 Å². The minimum atomic E-state index is -3.29. The standard InChI is InChI=1S/C11H25N3O2S/c1-4-12-5-6-13-17(15,16)14-8-10(2)7-11(3)9-14/h10-13H,4-9H2,1-3H3. The second-order valence-electron chi connectivity index (χ2n) is 5.02. The van der Waals surface area contributed by atoms with Crippen LogP contribution in [0.5, 0.6) is 0 Å². The van der Waals surface area contributed by atoms with Crippen LogP contribution in [-0.4, -0.2) is 45.4 Å². The van der Waals surface area contributed by atoms with Crippen LogP contribution in [0.3, 0.4) is 0 Å². The number of nitrogens with one attached hydrogen (secondary N) is 2. The number of hydrogen-bond donors (Lipinski definition) is 2. The predicted molar refractivity (Wildman–Crippen MR) is 70.0 cm³/mol. The molecule has 6 heteroatoms. The maximum Gasteiger partial charge on any atom is 0.279 e. The Morgan fingerprint density at radius 2 is 1.76 bits per heavy atom. The molecule has 1 aliphatic heterocycles. The van der Waals surface area contributed by atoms with Gasteiger partial charge in [0.25, 0.3) is 10.2 Å². The zero-order valence-corrected chi connectivity index (χ0v) is 11.9. The van der Waals surface area contributed by atoms with Gasteiger partial charge in [0.05, 0.1) is 0 Å². The van der Waals surface area contributed by atoms with Gasteiger partial charge in [0.1, 0.15) is 0 Å². The largest absolute Gasteiger partial charge is 0.316 e. The Balaban J connectivity index is 2.45. The van der Waals surface area contributed by atoms with E-state index in [1.165, 1.54) is 0 Å². The maximum atomic E-state index is 12.0. The first kappa shape index (κ1) is 14.9. The molecule has 17 heavy (non-hydrogen) atoms. The monoisotopic (exact) mass is 263 g/mol. The molecule has 0 aliphatic carbocycles. The zero-order chi connectivity index (χ0) is 12.9. The maximum absolute atomic E-state index is 12.0. The molecule has 0 aromatic carbocycles. The smallest absolute Gasteiger partial charge is 0.279 e. The summed E-state index contributed by atoms with van der Waals surface area (Å²) >= 11 is 0. The van der Waals surface area contributed by atoms with E-state index in [0.717, 1.165) is 13.0 Å². The average Bonchev–Trinajstić information content (AvgIpc) is 2.23. The molecule has 0 amide bonds. The summed E-state index contributed by atoms with van der Waals surface area (Å²) in [5, 5.41) is 3.10. The molecule has 0 saturated carbocycles. The second kappa shape index (κ2) is 6.68. The summed E-state index contributed by atoms with van der Waals surface area (Å²) in [5.41, 5.74) is 0. The summed E-state index contributed by atoms with van der Waals surface area (Å²) in [6.07, 6.45) is 1.11. The lowest BCUT2D eigenvalue weighted by Crippen LogP contribution is -2.48. The minimum absolute atomic E-state index is 0.448. The quantitative estimate of drug-likeness (QED) is 0.682. The van der Waals surface area contributed by atoms with Gasteiger partial charge in [0, 0.05) is 26.2 Å². The SMILES string of the molecule is CCNCCNS(=O)(=O)N1CC(C)CC(C)C1. The fourth-order valence-corrected chi connectivity index (χ4v) is 3.78. The molecular weight excluding hydrogens is 238 g/mol. The summed E-state index contributed by atoms with van der Waals surface area (Å²) in [6, 6.07) is 0. The highest BCUT2D eigenvalue weighted by Crippen LogP contribution is 2.22. The van der Waals surface area contributed by atoms with Crippen molar-refractivity contribution in [3.05, 3.63) is 0 Å². The van der Waals surface area contributed by atoms with Crippen LogP contribution in [0, 0.1) is 11.8 Å². The Bertz CT molecular complexity index is 309. The van der Waals surface area contributed by atoms with Crippen LogP contribution in [0.25, 0.3) is 0 Å². The molecule has 0 radical (unpaired) electrons. The van der Waals surface area contributed by atoms with E-state index in [1.807, 2.05) is 6.92 Å². The van der Waals surface area contributed by atoms with E-state index in [1.54, 1.807) is 4.31 Å². The molecule has 102 valence electrons. The lowest BCUT2D eigenvalue weighted by Gasteiger charge is -2.33. The molecule has 0 aromatic heterocycles. The molecule has 2 atom stereocenters. The highest BCUT2D eigenvalue weighted by molar-refractivity contribution is 7.87. The van der Waals surface area contributed by atoms with E-state index in [0.29, 0.717) is 38.0 Å². The Morgan fingerprint density at radius 1 is 1.18 bits per heavy atom. The molecule has 0 bridgehead atoms. The fourth-order valence-electron chi connectivity index (χ4n) is 2.34. The number of piperidine rings is 1. The molecule has 1 fully saturated rings. The normalized spacial score (nSPS) is 27.2. The van der Waals surface area contributed by atoms with E-state index < -0.39 is 10.2 Å². The van der Waals surface area contributed by atoms with Gasteiger partial charge >= 0.3 is 0 Å². The molecule has 2 unspecified atom stereocenters. The van der Waals surface area contributed by atoms with Gasteiger partial charge in [-0.3, -0.25) is 0 Å². The fraction of sp³-hybridized carbons (Fsp3) is 1.00. The van der Waals surface area contributed by atoms with E-state index >= 15 is 0 Å². The van der Waals surface area contributed by atoms with E-state index in [-0.39, 0.29) is 0 Å². The van der Waals surface area contributed by atoms with Crippen molar-refractivity contribution in [3.63, 3.8) is 0 Å². The van der Waals surface area contributed by atoms with Crippen molar-refractivity contribution in [2.24, 2.45) is 11.8 Å². The van der Waals surface area contributed by atoms with Crippen molar-refractivity contribution in [2.75, 3.05) is 32.7 Å². The molecular formula is C11H25N3O2S. The Kier molecular flexibility index (Phi) is 5.85. The molecule has 1 heterocycles. The Labute approximate surface area is 105 Å². The number of likely N-dealkylation sites (N-methyl/N-ethyl adjacent to an activating group) is 1. The van der Waals surface area contributed by atoms with Gasteiger partial charge in [-0.2, -0.15) is 12.7 Å². The third kappa shape index (κ3) is 4.91. The van der Waals surface area contributed by atoms with Crippen LogP contribution in [0.15, 0.2) is 0 Å². The molecule has 1 saturated heterocycles. The Morgan fingerprint density at radius 3 is 2.29 bits per heavy atom.